The summed E-state index contributed by atoms with van der Waals surface area (Å²) in [5.74, 6) is 0. The van der Waals surface area contributed by atoms with Crippen molar-refractivity contribution in [2.75, 3.05) is 4.90 Å². The summed E-state index contributed by atoms with van der Waals surface area (Å²) in [6, 6.07) is 72.7. The first kappa shape index (κ1) is 39.0. The van der Waals surface area contributed by atoms with Gasteiger partial charge in [0.1, 0.15) is 11.2 Å². The molecule has 0 saturated carbocycles. The van der Waals surface area contributed by atoms with Gasteiger partial charge < -0.3 is 13.7 Å². The molecule has 0 bridgehead atoms. The first-order chi connectivity index (χ1) is 32.8. The maximum absolute atomic E-state index is 6.27. The molecule has 3 aromatic heterocycles. The van der Waals surface area contributed by atoms with E-state index in [0.717, 1.165) is 60.7 Å². The molecule has 0 N–H and O–H groups in total. The third-order valence-corrected chi connectivity index (χ3v) is 14.5. The standard InChI is InChI=1S/C64H46N2O/c1-40(21-36-59-41(2)50-17-12-18-56-53-15-8-10-19-60(53)66(59)63(50)56)45-26-33-51-52-35-32-49(39-58(52)64(3,4)57(51)37-45)65(47-28-22-43(23-29-47)42-13-6-5-7-14-42)48-30-24-44(25-31-48)46-27-34-55-54-16-9-11-20-61(54)67-62(55)38-46/h5-39H,2H2,1,3-4H3/b40-21+,59-36+. The van der Waals surface area contributed by atoms with E-state index in [1.807, 2.05) is 12.1 Å². The molecule has 0 radical (unpaired) electrons. The van der Waals surface area contributed by atoms with Gasteiger partial charge in [0.25, 0.3) is 0 Å². The predicted octanol–water partition coefficient (Wildman–Crippen LogP) is 16.0. The van der Waals surface area contributed by atoms with Crippen LogP contribution in [0.5, 0.6) is 0 Å². The normalized spacial score (nSPS) is 13.7. The monoisotopic (exact) mass is 858 g/mol. The Morgan fingerprint density at radius 2 is 1.09 bits per heavy atom. The van der Waals surface area contributed by atoms with Crippen molar-refractivity contribution in [3.05, 3.63) is 234 Å². The number of anilines is 3. The van der Waals surface area contributed by atoms with Gasteiger partial charge >= 0.3 is 0 Å². The van der Waals surface area contributed by atoms with Gasteiger partial charge in [-0.15, -0.1) is 0 Å². The largest absolute Gasteiger partial charge is 0.456 e. The highest BCUT2D eigenvalue weighted by atomic mass is 16.3. The van der Waals surface area contributed by atoms with Crippen LogP contribution in [-0.2, 0) is 5.41 Å². The zero-order chi connectivity index (χ0) is 45.0. The number of para-hydroxylation sites is 3. The lowest BCUT2D eigenvalue weighted by Crippen LogP contribution is -2.24. The van der Waals surface area contributed by atoms with Gasteiger partial charge in [-0.3, -0.25) is 0 Å². The summed E-state index contributed by atoms with van der Waals surface area (Å²) >= 11 is 0. The van der Waals surface area contributed by atoms with E-state index in [4.69, 9.17) is 4.42 Å². The minimum absolute atomic E-state index is 0.228. The Morgan fingerprint density at radius 3 is 1.87 bits per heavy atom. The third kappa shape index (κ3) is 6.05. The first-order valence-corrected chi connectivity index (χ1v) is 23.2. The van der Waals surface area contributed by atoms with E-state index >= 15 is 0 Å². The average molecular weight is 859 g/mol. The molecule has 0 saturated heterocycles. The molecule has 12 aromatic rings. The number of rotatable bonds is 7. The SMILES string of the molecule is C=c1/c(=C\C=C(/C)c2ccc3c(c2)C(C)(C)c2cc(N(c4ccc(-c5ccccc5)cc4)c4ccc(-c5ccc6c(c5)oc5ccccc56)cc4)ccc2-3)n2c3ccccc3c3cccc1c32. The fraction of sp³-hybridized carbons (Fsp3) is 0.0625. The van der Waals surface area contributed by atoms with Crippen LogP contribution in [0.3, 0.4) is 0 Å². The van der Waals surface area contributed by atoms with Crippen LogP contribution in [0, 0.1) is 0 Å². The Hall–Kier alpha value is -8.40. The minimum atomic E-state index is -0.228. The fourth-order valence-electron chi connectivity index (χ4n) is 11.0. The van der Waals surface area contributed by atoms with Crippen molar-refractivity contribution in [2.45, 2.75) is 26.2 Å². The number of aromatic nitrogens is 1. The van der Waals surface area contributed by atoms with Crippen molar-refractivity contribution in [1.82, 2.24) is 4.40 Å². The smallest absolute Gasteiger partial charge is 0.136 e. The lowest BCUT2D eigenvalue weighted by Gasteiger charge is -2.28. The molecular formula is C64H46N2O. The molecule has 3 heteroatoms. The molecule has 13 rings (SSSR count). The van der Waals surface area contributed by atoms with Crippen LogP contribution in [0.4, 0.5) is 17.1 Å². The van der Waals surface area contributed by atoms with Crippen LogP contribution >= 0.6 is 0 Å². The lowest BCUT2D eigenvalue weighted by molar-refractivity contribution is 0.660. The number of hydrogen-bond acceptors (Lipinski definition) is 2. The molecule has 0 amide bonds. The van der Waals surface area contributed by atoms with Gasteiger partial charge in [0, 0.05) is 54.6 Å². The van der Waals surface area contributed by atoms with E-state index in [1.54, 1.807) is 0 Å². The van der Waals surface area contributed by atoms with Crippen LogP contribution in [0.1, 0.15) is 37.5 Å². The zero-order valence-corrected chi connectivity index (χ0v) is 37.7. The summed E-state index contributed by atoms with van der Waals surface area (Å²) in [4.78, 5) is 2.39. The predicted molar refractivity (Wildman–Crippen MR) is 283 cm³/mol. The highest BCUT2D eigenvalue weighted by Gasteiger charge is 2.36. The number of furan rings is 1. The molecular weight excluding hydrogens is 813 g/mol. The van der Waals surface area contributed by atoms with Gasteiger partial charge in [-0.25, -0.2) is 0 Å². The Bertz CT molecular complexity index is 4070. The van der Waals surface area contributed by atoms with Crippen molar-refractivity contribution < 1.29 is 4.42 Å². The number of nitrogens with zero attached hydrogens (tertiary/aromatic N) is 2. The van der Waals surface area contributed by atoms with Gasteiger partial charge in [-0.1, -0.05) is 160 Å². The second-order valence-corrected chi connectivity index (χ2v) is 18.7. The van der Waals surface area contributed by atoms with Gasteiger partial charge in [0.2, 0.25) is 0 Å². The highest BCUT2D eigenvalue weighted by molar-refractivity contribution is 6.14. The van der Waals surface area contributed by atoms with E-state index in [-0.39, 0.29) is 5.41 Å². The lowest BCUT2D eigenvalue weighted by atomic mass is 9.81. The van der Waals surface area contributed by atoms with Crippen molar-refractivity contribution in [3.63, 3.8) is 0 Å². The summed E-state index contributed by atoms with van der Waals surface area (Å²) in [7, 11) is 0. The second-order valence-electron chi connectivity index (χ2n) is 18.7. The quantitative estimate of drug-likeness (QED) is 0.159. The van der Waals surface area contributed by atoms with Gasteiger partial charge in [0.05, 0.1) is 16.4 Å². The van der Waals surface area contributed by atoms with Crippen molar-refractivity contribution in [1.29, 1.82) is 0 Å². The van der Waals surface area contributed by atoms with E-state index in [0.29, 0.717) is 0 Å². The molecule has 0 aliphatic heterocycles. The molecule has 67 heavy (non-hydrogen) atoms. The summed E-state index contributed by atoms with van der Waals surface area (Å²) in [6.45, 7) is 11.6. The second kappa shape index (κ2) is 14.8. The fourth-order valence-corrected chi connectivity index (χ4v) is 11.0. The van der Waals surface area contributed by atoms with Crippen molar-refractivity contribution >= 4 is 84.4 Å². The topological polar surface area (TPSA) is 20.8 Å². The Morgan fingerprint density at radius 1 is 0.507 bits per heavy atom. The Labute approximate surface area is 389 Å². The van der Waals surface area contributed by atoms with Crippen molar-refractivity contribution in [2.24, 2.45) is 0 Å². The summed E-state index contributed by atoms with van der Waals surface area (Å²) < 4.78 is 8.67. The Balaban J connectivity index is 0.868. The van der Waals surface area contributed by atoms with E-state index in [9.17, 15) is 0 Å². The van der Waals surface area contributed by atoms with Crippen LogP contribution in [0.25, 0.3) is 101 Å². The Kier molecular flexibility index (Phi) is 8.63. The molecule has 0 unspecified atom stereocenters. The molecule has 318 valence electrons. The van der Waals surface area contributed by atoms with Crippen LogP contribution in [0.15, 0.2) is 211 Å². The summed E-state index contributed by atoms with van der Waals surface area (Å²) in [5.41, 5.74) is 19.7. The molecule has 0 spiro atoms. The van der Waals surface area contributed by atoms with E-state index in [2.05, 4.69) is 237 Å². The molecule has 9 aromatic carbocycles. The van der Waals surface area contributed by atoms with Crippen LogP contribution in [0.2, 0.25) is 0 Å². The number of allylic oxidation sites excluding steroid dienone is 2. The molecule has 0 fully saturated rings. The molecule has 1 aliphatic rings. The maximum atomic E-state index is 6.27. The maximum Gasteiger partial charge on any atom is 0.136 e. The van der Waals surface area contributed by atoms with Gasteiger partial charge in [0.15, 0.2) is 0 Å². The van der Waals surface area contributed by atoms with Crippen molar-refractivity contribution in [3.8, 4) is 33.4 Å². The first-order valence-electron chi connectivity index (χ1n) is 23.2. The van der Waals surface area contributed by atoms with Crippen LogP contribution < -0.4 is 15.5 Å². The number of fused-ring (bicyclic) bond motifs is 9. The minimum Gasteiger partial charge on any atom is -0.456 e. The van der Waals surface area contributed by atoms with E-state index < -0.39 is 0 Å². The summed E-state index contributed by atoms with van der Waals surface area (Å²) in [5, 5.41) is 8.23. The molecule has 0 atom stereocenters. The molecule has 3 heterocycles. The molecule has 1 aliphatic carbocycles. The number of benzene rings is 9. The van der Waals surface area contributed by atoms with E-state index in [1.165, 1.54) is 71.7 Å². The third-order valence-electron chi connectivity index (χ3n) is 14.5. The van der Waals surface area contributed by atoms with Gasteiger partial charge in [-0.05, 0) is 135 Å². The number of hydrogen-bond donors (Lipinski definition) is 0. The zero-order valence-electron chi connectivity index (χ0n) is 37.7. The highest BCUT2D eigenvalue weighted by Crippen LogP contribution is 2.51. The van der Waals surface area contributed by atoms with Gasteiger partial charge in [-0.2, -0.15) is 0 Å². The van der Waals surface area contributed by atoms with Crippen LogP contribution in [-0.4, -0.2) is 4.40 Å². The molecule has 3 nitrogen and oxygen atoms in total. The summed E-state index contributed by atoms with van der Waals surface area (Å²) in [6.07, 6.45) is 4.53. The average Bonchev–Trinajstić information content (AvgIpc) is 4.07.